The summed E-state index contributed by atoms with van der Waals surface area (Å²) in [4.78, 5) is 25.5. The molecule has 10 nitrogen and oxygen atoms in total. The molecule has 0 spiro atoms. The van der Waals surface area contributed by atoms with Gasteiger partial charge in [0.05, 0.1) is 24.6 Å². The fourth-order valence-corrected chi connectivity index (χ4v) is 4.52. The van der Waals surface area contributed by atoms with E-state index >= 15 is 0 Å². The summed E-state index contributed by atoms with van der Waals surface area (Å²) >= 11 is 0. The van der Waals surface area contributed by atoms with E-state index in [4.69, 9.17) is 24.2 Å². The highest BCUT2D eigenvalue weighted by Gasteiger charge is 2.22. The third kappa shape index (κ3) is 4.05. The fraction of sp³-hybridized carbons (Fsp3) is 0.417. The van der Waals surface area contributed by atoms with Gasteiger partial charge in [-0.3, -0.25) is 0 Å². The van der Waals surface area contributed by atoms with Gasteiger partial charge in [0.1, 0.15) is 0 Å². The molecule has 2 fully saturated rings. The summed E-state index contributed by atoms with van der Waals surface area (Å²) in [6, 6.07) is 8.04. The third-order valence-electron chi connectivity index (χ3n) is 6.46. The highest BCUT2D eigenvalue weighted by molar-refractivity contribution is 5.63. The van der Waals surface area contributed by atoms with Crippen molar-refractivity contribution in [2.24, 2.45) is 0 Å². The third-order valence-corrected chi connectivity index (χ3v) is 6.46. The minimum Gasteiger partial charge on any atom is -0.454 e. The highest BCUT2D eigenvalue weighted by atomic mass is 16.7. The maximum absolute atomic E-state index is 5.53. The number of nitrogens with zero attached hydrogens (tertiary/aromatic N) is 7. The molecule has 0 N–H and O–H groups in total. The van der Waals surface area contributed by atoms with E-state index in [1.165, 1.54) is 0 Å². The molecule has 0 radical (unpaired) electrons. The second kappa shape index (κ2) is 8.94. The molecule has 0 atom stereocenters. The molecule has 2 saturated heterocycles. The number of fused-ring (bicyclic) bond motifs is 1. The van der Waals surface area contributed by atoms with Gasteiger partial charge in [-0.15, -0.1) is 0 Å². The standard InChI is InChI=1S/C24H27N7O3/c1-17-19(15-26-24(27-17)31-10-12-32-13-11-31)20-4-5-25-23(28-20)30-8-6-29(7-9-30)18-2-3-21-22(14-18)34-16-33-21/h2-5,14-15H,6-13,16H2,1H3. The molecular weight excluding hydrogens is 434 g/mol. The van der Waals surface area contributed by atoms with Crippen LogP contribution in [-0.4, -0.2) is 79.2 Å². The maximum Gasteiger partial charge on any atom is 0.231 e. The van der Waals surface area contributed by atoms with E-state index in [0.717, 1.165) is 85.3 Å². The van der Waals surface area contributed by atoms with Crippen molar-refractivity contribution in [2.75, 3.05) is 74.0 Å². The minimum absolute atomic E-state index is 0.292. The molecule has 34 heavy (non-hydrogen) atoms. The van der Waals surface area contributed by atoms with Crippen LogP contribution in [0, 0.1) is 6.92 Å². The molecule has 176 valence electrons. The second-order valence-electron chi connectivity index (χ2n) is 8.52. The second-order valence-corrected chi connectivity index (χ2v) is 8.52. The first-order valence-electron chi connectivity index (χ1n) is 11.6. The van der Waals surface area contributed by atoms with Crippen LogP contribution in [0.2, 0.25) is 0 Å². The minimum atomic E-state index is 0.292. The Kier molecular flexibility index (Phi) is 5.50. The van der Waals surface area contributed by atoms with Gasteiger partial charge in [-0.1, -0.05) is 0 Å². The number of piperazine rings is 1. The van der Waals surface area contributed by atoms with Crippen LogP contribution >= 0.6 is 0 Å². The zero-order valence-electron chi connectivity index (χ0n) is 19.2. The summed E-state index contributed by atoms with van der Waals surface area (Å²) in [7, 11) is 0. The Morgan fingerprint density at radius 1 is 0.765 bits per heavy atom. The van der Waals surface area contributed by atoms with Gasteiger partial charge in [-0.25, -0.2) is 19.9 Å². The molecule has 3 aliphatic rings. The molecule has 6 rings (SSSR count). The molecular formula is C24H27N7O3. The number of hydrogen-bond acceptors (Lipinski definition) is 10. The van der Waals surface area contributed by atoms with Gasteiger partial charge in [-0.2, -0.15) is 0 Å². The predicted octanol–water partition coefficient (Wildman–Crippen LogP) is 2.13. The Hall–Kier alpha value is -3.66. The van der Waals surface area contributed by atoms with Gasteiger partial charge in [0.15, 0.2) is 11.5 Å². The van der Waals surface area contributed by atoms with Gasteiger partial charge >= 0.3 is 0 Å². The van der Waals surface area contributed by atoms with Gasteiger partial charge in [-0.05, 0) is 25.1 Å². The Labute approximate surface area is 198 Å². The molecule has 0 aliphatic carbocycles. The van der Waals surface area contributed by atoms with Crippen molar-refractivity contribution < 1.29 is 14.2 Å². The first-order chi connectivity index (χ1) is 16.7. The Bertz CT molecular complexity index is 1180. The van der Waals surface area contributed by atoms with Crippen molar-refractivity contribution in [3.8, 4) is 22.8 Å². The van der Waals surface area contributed by atoms with E-state index in [1.807, 2.05) is 31.5 Å². The van der Waals surface area contributed by atoms with Crippen LogP contribution in [-0.2, 0) is 4.74 Å². The van der Waals surface area contributed by atoms with Crippen LogP contribution < -0.4 is 24.2 Å². The van der Waals surface area contributed by atoms with E-state index in [-0.39, 0.29) is 0 Å². The average Bonchev–Trinajstić information content (AvgIpc) is 3.37. The summed E-state index contributed by atoms with van der Waals surface area (Å²) in [5.74, 6) is 3.11. The lowest BCUT2D eigenvalue weighted by atomic mass is 10.2. The zero-order valence-corrected chi connectivity index (χ0v) is 19.2. The maximum atomic E-state index is 5.53. The lowest BCUT2D eigenvalue weighted by Gasteiger charge is -2.36. The number of benzene rings is 1. The monoisotopic (exact) mass is 461 g/mol. The lowest BCUT2D eigenvalue weighted by molar-refractivity contribution is 0.122. The largest absolute Gasteiger partial charge is 0.454 e. The lowest BCUT2D eigenvalue weighted by Crippen LogP contribution is -2.47. The van der Waals surface area contributed by atoms with E-state index in [2.05, 4.69) is 36.8 Å². The average molecular weight is 462 g/mol. The molecule has 2 aromatic heterocycles. The van der Waals surface area contributed by atoms with Crippen molar-refractivity contribution in [1.29, 1.82) is 0 Å². The summed E-state index contributed by atoms with van der Waals surface area (Å²) in [6.07, 6.45) is 3.69. The van der Waals surface area contributed by atoms with Crippen molar-refractivity contribution in [1.82, 2.24) is 19.9 Å². The van der Waals surface area contributed by atoms with Crippen LogP contribution in [0.4, 0.5) is 17.6 Å². The first-order valence-corrected chi connectivity index (χ1v) is 11.6. The van der Waals surface area contributed by atoms with Crippen LogP contribution in [0.3, 0.4) is 0 Å². The van der Waals surface area contributed by atoms with Crippen molar-refractivity contribution >= 4 is 17.6 Å². The summed E-state index contributed by atoms with van der Waals surface area (Å²) < 4.78 is 16.4. The zero-order chi connectivity index (χ0) is 22.9. The van der Waals surface area contributed by atoms with Crippen molar-refractivity contribution in [3.63, 3.8) is 0 Å². The van der Waals surface area contributed by atoms with Gasteiger partial charge in [0.2, 0.25) is 18.7 Å². The molecule has 0 unspecified atom stereocenters. The van der Waals surface area contributed by atoms with Crippen LogP contribution in [0.25, 0.3) is 11.3 Å². The van der Waals surface area contributed by atoms with Gasteiger partial charge < -0.3 is 28.9 Å². The Morgan fingerprint density at radius 3 is 2.32 bits per heavy atom. The molecule has 0 bridgehead atoms. The van der Waals surface area contributed by atoms with Crippen LogP contribution in [0.15, 0.2) is 36.7 Å². The smallest absolute Gasteiger partial charge is 0.231 e. The quantitative estimate of drug-likeness (QED) is 0.576. The highest BCUT2D eigenvalue weighted by Crippen LogP contribution is 2.35. The van der Waals surface area contributed by atoms with Crippen LogP contribution in [0.1, 0.15) is 5.69 Å². The molecule has 3 aliphatic heterocycles. The first kappa shape index (κ1) is 20.9. The number of anilines is 3. The molecule has 0 amide bonds. The summed E-state index contributed by atoms with van der Waals surface area (Å²) in [5.41, 5.74) is 3.83. The van der Waals surface area contributed by atoms with E-state index < -0.39 is 0 Å². The number of morpholine rings is 1. The molecule has 1 aromatic carbocycles. The normalized spacial score (nSPS) is 17.9. The van der Waals surface area contributed by atoms with Crippen LogP contribution in [0.5, 0.6) is 11.5 Å². The number of hydrogen-bond donors (Lipinski definition) is 0. The fourth-order valence-electron chi connectivity index (χ4n) is 4.52. The van der Waals surface area contributed by atoms with Crippen molar-refractivity contribution in [2.45, 2.75) is 6.92 Å². The molecule has 3 aromatic rings. The molecule has 0 saturated carbocycles. The Balaban J connectivity index is 1.15. The Morgan fingerprint density at radius 2 is 1.50 bits per heavy atom. The van der Waals surface area contributed by atoms with E-state index in [9.17, 15) is 0 Å². The van der Waals surface area contributed by atoms with Gasteiger partial charge in [0, 0.05) is 69.0 Å². The topological polar surface area (TPSA) is 89.0 Å². The number of aryl methyl sites for hydroxylation is 1. The SMILES string of the molecule is Cc1nc(N2CCOCC2)ncc1-c1ccnc(N2CCN(c3ccc4c(c3)OCO4)CC2)n1. The number of aromatic nitrogens is 4. The van der Waals surface area contributed by atoms with Gasteiger partial charge in [0.25, 0.3) is 0 Å². The summed E-state index contributed by atoms with van der Waals surface area (Å²) in [6.45, 7) is 8.78. The molecule has 10 heteroatoms. The van der Waals surface area contributed by atoms with E-state index in [1.54, 1.807) is 0 Å². The summed E-state index contributed by atoms with van der Waals surface area (Å²) in [5, 5.41) is 0. The van der Waals surface area contributed by atoms with E-state index in [0.29, 0.717) is 20.0 Å². The van der Waals surface area contributed by atoms with Crippen molar-refractivity contribution in [3.05, 3.63) is 42.4 Å². The predicted molar refractivity (Wildman–Crippen MR) is 128 cm³/mol. The number of rotatable bonds is 4. The molecule has 5 heterocycles. The number of ether oxygens (including phenoxy) is 3.